The molecule has 1 unspecified atom stereocenters. The Morgan fingerprint density at radius 2 is 2.25 bits per heavy atom. The lowest BCUT2D eigenvalue weighted by atomic mass is 10.2. The standard InChI is InChI=1S/C7H8Cl2N2O/c8-4-1-5(9)7(11-2-4)6(10)3-12/h1-2,6,12H,3,10H2. The van der Waals surface area contributed by atoms with Crippen LogP contribution in [0, 0.1) is 0 Å². The van der Waals surface area contributed by atoms with Gasteiger partial charge < -0.3 is 10.8 Å². The summed E-state index contributed by atoms with van der Waals surface area (Å²) >= 11 is 11.4. The van der Waals surface area contributed by atoms with Crippen molar-refractivity contribution in [1.29, 1.82) is 0 Å². The molecule has 0 bridgehead atoms. The first-order chi connectivity index (χ1) is 5.65. The van der Waals surface area contributed by atoms with Crippen LogP contribution in [0.15, 0.2) is 12.3 Å². The van der Waals surface area contributed by atoms with Crippen LogP contribution in [0.4, 0.5) is 0 Å². The van der Waals surface area contributed by atoms with E-state index >= 15 is 0 Å². The summed E-state index contributed by atoms with van der Waals surface area (Å²) in [5.74, 6) is 0. The molecule has 1 atom stereocenters. The van der Waals surface area contributed by atoms with Crippen LogP contribution in [0.25, 0.3) is 0 Å². The molecule has 0 saturated carbocycles. The predicted molar refractivity (Wildman–Crippen MR) is 48.3 cm³/mol. The van der Waals surface area contributed by atoms with Gasteiger partial charge in [-0.15, -0.1) is 0 Å². The van der Waals surface area contributed by atoms with Crippen molar-refractivity contribution in [3.8, 4) is 0 Å². The second-order valence-corrected chi connectivity index (χ2v) is 3.15. The molecular formula is C7H8Cl2N2O. The van der Waals surface area contributed by atoms with Gasteiger partial charge >= 0.3 is 0 Å². The van der Waals surface area contributed by atoms with E-state index in [1.807, 2.05) is 0 Å². The fraction of sp³-hybridized carbons (Fsp3) is 0.286. The van der Waals surface area contributed by atoms with Crippen LogP contribution < -0.4 is 5.73 Å². The largest absolute Gasteiger partial charge is 0.394 e. The van der Waals surface area contributed by atoms with Crippen LogP contribution in [0.5, 0.6) is 0 Å². The Bertz CT molecular complexity index is 280. The number of nitrogens with two attached hydrogens (primary N) is 1. The van der Waals surface area contributed by atoms with Crippen LogP contribution >= 0.6 is 23.2 Å². The fourth-order valence-electron chi connectivity index (χ4n) is 0.784. The molecule has 1 aromatic heterocycles. The molecule has 0 spiro atoms. The molecule has 12 heavy (non-hydrogen) atoms. The van der Waals surface area contributed by atoms with Gasteiger partial charge in [0.1, 0.15) is 0 Å². The highest BCUT2D eigenvalue weighted by Gasteiger charge is 2.10. The van der Waals surface area contributed by atoms with Crippen molar-refractivity contribution >= 4 is 23.2 Å². The second-order valence-electron chi connectivity index (χ2n) is 2.31. The number of pyridine rings is 1. The van der Waals surface area contributed by atoms with Crippen LogP contribution in [-0.2, 0) is 0 Å². The Morgan fingerprint density at radius 3 is 2.75 bits per heavy atom. The maximum atomic E-state index is 8.73. The normalized spacial score (nSPS) is 13.0. The summed E-state index contributed by atoms with van der Waals surface area (Å²) in [7, 11) is 0. The molecule has 1 rings (SSSR count). The molecule has 0 saturated heterocycles. The van der Waals surface area contributed by atoms with Crippen molar-refractivity contribution in [2.45, 2.75) is 6.04 Å². The summed E-state index contributed by atoms with van der Waals surface area (Å²) in [6.45, 7) is -0.186. The molecule has 0 aromatic carbocycles. The molecule has 5 heteroatoms. The fourth-order valence-corrected chi connectivity index (χ4v) is 1.30. The summed E-state index contributed by atoms with van der Waals surface area (Å²) in [6.07, 6.45) is 1.44. The summed E-state index contributed by atoms with van der Waals surface area (Å²) in [4.78, 5) is 3.90. The lowest BCUT2D eigenvalue weighted by molar-refractivity contribution is 0.266. The summed E-state index contributed by atoms with van der Waals surface area (Å²) in [5, 5.41) is 9.56. The van der Waals surface area contributed by atoms with E-state index in [-0.39, 0.29) is 6.61 Å². The zero-order valence-electron chi connectivity index (χ0n) is 6.17. The monoisotopic (exact) mass is 206 g/mol. The minimum atomic E-state index is -0.547. The molecule has 0 radical (unpaired) electrons. The van der Waals surface area contributed by atoms with Crippen molar-refractivity contribution in [2.75, 3.05) is 6.61 Å². The third-order valence-electron chi connectivity index (χ3n) is 1.38. The number of aromatic nitrogens is 1. The van der Waals surface area contributed by atoms with Gasteiger partial charge in [0.15, 0.2) is 0 Å². The third-order valence-corrected chi connectivity index (χ3v) is 1.89. The minimum Gasteiger partial charge on any atom is -0.394 e. The Morgan fingerprint density at radius 1 is 1.58 bits per heavy atom. The van der Waals surface area contributed by atoms with E-state index in [1.54, 1.807) is 6.07 Å². The molecule has 0 aliphatic heterocycles. The van der Waals surface area contributed by atoms with Gasteiger partial charge in [-0.3, -0.25) is 4.98 Å². The van der Waals surface area contributed by atoms with Gasteiger partial charge in [0.25, 0.3) is 0 Å². The van der Waals surface area contributed by atoms with E-state index in [1.165, 1.54) is 6.20 Å². The smallest absolute Gasteiger partial charge is 0.0781 e. The van der Waals surface area contributed by atoms with Crippen LogP contribution in [0.3, 0.4) is 0 Å². The third kappa shape index (κ3) is 2.08. The van der Waals surface area contributed by atoms with E-state index < -0.39 is 6.04 Å². The van der Waals surface area contributed by atoms with Crippen molar-refractivity contribution in [3.63, 3.8) is 0 Å². The lowest BCUT2D eigenvalue weighted by Gasteiger charge is -2.08. The second kappa shape index (κ2) is 4.05. The minimum absolute atomic E-state index is 0.186. The zero-order valence-corrected chi connectivity index (χ0v) is 7.68. The molecule has 66 valence electrons. The van der Waals surface area contributed by atoms with Crippen LogP contribution in [0.1, 0.15) is 11.7 Å². The molecule has 3 N–H and O–H groups in total. The first-order valence-corrected chi connectivity index (χ1v) is 4.08. The average Bonchev–Trinajstić information content (AvgIpc) is 2.03. The Hall–Kier alpha value is -0.350. The Kier molecular flexibility index (Phi) is 3.29. The number of halogens is 2. The van der Waals surface area contributed by atoms with Crippen molar-refractivity contribution in [3.05, 3.63) is 28.0 Å². The van der Waals surface area contributed by atoms with E-state index in [2.05, 4.69) is 4.98 Å². The molecule has 0 aliphatic carbocycles. The van der Waals surface area contributed by atoms with Gasteiger partial charge in [-0.2, -0.15) is 0 Å². The maximum Gasteiger partial charge on any atom is 0.0781 e. The van der Waals surface area contributed by atoms with Crippen LogP contribution in [0.2, 0.25) is 10.0 Å². The molecule has 0 aliphatic rings. The zero-order chi connectivity index (χ0) is 9.14. The first kappa shape index (κ1) is 9.74. The molecular weight excluding hydrogens is 199 g/mol. The van der Waals surface area contributed by atoms with E-state index in [4.69, 9.17) is 34.0 Å². The highest BCUT2D eigenvalue weighted by atomic mass is 35.5. The number of nitrogens with zero attached hydrogens (tertiary/aromatic N) is 1. The first-order valence-electron chi connectivity index (χ1n) is 3.32. The van der Waals surface area contributed by atoms with Crippen molar-refractivity contribution < 1.29 is 5.11 Å². The van der Waals surface area contributed by atoms with Crippen LogP contribution in [-0.4, -0.2) is 16.7 Å². The number of aliphatic hydroxyl groups excluding tert-OH is 1. The topological polar surface area (TPSA) is 59.1 Å². The number of rotatable bonds is 2. The number of aliphatic hydroxyl groups is 1. The molecule has 1 aromatic rings. The quantitative estimate of drug-likeness (QED) is 0.770. The van der Waals surface area contributed by atoms with Gasteiger partial charge in [0, 0.05) is 6.20 Å². The Labute approximate surface area is 80.1 Å². The van der Waals surface area contributed by atoms with Crippen molar-refractivity contribution in [1.82, 2.24) is 4.98 Å². The van der Waals surface area contributed by atoms with E-state index in [0.717, 1.165) is 0 Å². The van der Waals surface area contributed by atoms with Gasteiger partial charge in [-0.05, 0) is 6.07 Å². The molecule has 3 nitrogen and oxygen atoms in total. The van der Waals surface area contributed by atoms with E-state index in [0.29, 0.717) is 15.7 Å². The van der Waals surface area contributed by atoms with Gasteiger partial charge in [0.05, 0.1) is 28.4 Å². The predicted octanol–water partition coefficient (Wildman–Crippen LogP) is 1.38. The SMILES string of the molecule is NC(CO)c1ncc(Cl)cc1Cl. The van der Waals surface area contributed by atoms with E-state index in [9.17, 15) is 0 Å². The summed E-state index contributed by atoms with van der Waals surface area (Å²) in [5.41, 5.74) is 5.97. The molecule has 1 heterocycles. The summed E-state index contributed by atoms with van der Waals surface area (Å²) < 4.78 is 0. The number of hydrogen-bond acceptors (Lipinski definition) is 3. The van der Waals surface area contributed by atoms with Crippen molar-refractivity contribution in [2.24, 2.45) is 5.73 Å². The number of hydrogen-bond donors (Lipinski definition) is 2. The lowest BCUT2D eigenvalue weighted by Crippen LogP contribution is -2.16. The van der Waals surface area contributed by atoms with Gasteiger partial charge in [-0.25, -0.2) is 0 Å². The molecule has 0 fully saturated rings. The molecule has 0 amide bonds. The maximum absolute atomic E-state index is 8.73. The average molecular weight is 207 g/mol. The Balaban J connectivity index is 3.01. The highest BCUT2D eigenvalue weighted by Crippen LogP contribution is 2.21. The summed E-state index contributed by atoms with van der Waals surface area (Å²) in [6, 6.07) is 0.996. The highest BCUT2D eigenvalue weighted by molar-refractivity contribution is 6.34. The van der Waals surface area contributed by atoms with Gasteiger partial charge in [0.2, 0.25) is 0 Å². The van der Waals surface area contributed by atoms with Gasteiger partial charge in [-0.1, -0.05) is 23.2 Å².